The fourth-order valence-corrected chi connectivity index (χ4v) is 4.19. The maximum Gasteiger partial charge on any atom is 0.416 e. The Morgan fingerprint density at radius 2 is 1.67 bits per heavy atom. The first-order valence-corrected chi connectivity index (χ1v) is 11.0. The van der Waals surface area contributed by atoms with Gasteiger partial charge in [-0.2, -0.15) is 13.2 Å². The minimum atomic E-state index is -4.64. The highest BCUT2D eigenvalue weighted by Crippen LogP contribution is 2.41. The minimum absolute atomic E-state index is 0.0366. The second-order valence-corrected chi connectivity index (χ2v) is 8.11. The van der Waals surface area contributed by atoms with Gasteiger partial charge in [-0.25, -0.2) is 9.37 Å². The van der Waals surface area contributed by atoms with Crippen LogP contribution in [0, 0.1) is 5.82 Å². The number of halogens is 4. The molecule has 1 aromatic heterocycles. The molecule has 5 nitrogen and oxygen atoms in total. The fraction of sp³-hybridized carbons (Fsp3) is 0.185. The summed E-state index contributed by atoms with van der Waals surface area (Å²) in [5, 5.41) is 0. The van der Waals surface area contributed by atoms with Crippen LogP contribution in [0.4, 0.5) is 34.6 Å². The van der Waals surface area contributed by atoms with Crippen LogP contribution in [0.25, 0.3) is 0 Å². The number of methoxy groups -OCH3 is 1. The molecule has 0 unspecified atom stereocenters. The van der Waals surface area contributed by atoms with Gasteiger partial charge in [-0.3, -0.25) is 9.69 Å². The molecule has 2 heterocycles. The number of allylic oxidation sites excluding steroid dienone is 2. The zero-order valence-electron chi connectivity index (χ0n) is 19.5. The smallest absolute Gasteiger partial charge is 0.416 e. The number of aromatic nitrogens is 1. The third kappa shape index (κ3) is 4.68. The van der Waals surface area contributed by atoms with E-state index in [4.69, 9.17) is 4.74 Å². The number of hydrogen-bond donors (Lipinski definition) is 0. The lowest BCUT2D eigenvalue weighted by Crippen LogP contribution is -2.46. The minimum Gasteiger partial charge on any atom is -0.481 e. The molecule has 0 atom stereocenters. The molecule has 3 aromatic rings. The molecule has 36 heavy (non-hydrogen) atoms. The number of anilines is 3. The van der Waals surface area contributed by atoms with E-state index in [0.717, 1.165) is 12.1 Å². The Morgan fingerprint density at radius 3 is 2.33 bits per heavy atom. The highest BCUT2D eigenvalue weighted by Gasteiger charge is 2.37. The molecular weight excluding hydrogens is 474 g/mol. The van der Waals surface area contributed by atoms with Gasteiger partial charge in [0.15, 0.2) is 0 Å². The van der Waals surface area contributed by atoms with Crippen LogP contribution in [0.1, 0.15) is 27.2 Å². The number of carbonyl (C=O) groups is 1. The monoisotopic (exact) mass is 497 g/mol. The predicted molar refractivity (Wildman–Crippen MR) is 130 cm³/mol. The van der Waals surface area contributed by atoms with E-state index in [0.29, 0.717) is 41.4 Å². The van der Waals surface area contributed by atoms with Gasteiger partial charge in [-0.15, -0.1) is 13.2 Å². The number of carbonyl (C=O) groups excluding carboxylic acids is 1. The standard InChI is InChI=1S/C27H23F4N3O2/c1-4-6-17-14-19(28)9-11-22(17)33-16-34(24-12-13-25(36-3)32-21(24)7-5-2)26(35)20-15-18(27(29,30)31)8-10-23(20)33/h4-5,8-15H,1-2,6-7,16H2,3H3. The van der Waals surface area contributed by atoms with E-state index < -0.39 is 23.5 Å². The van der Waals surface area contributed by atoms with Gasteiger partial charge in [-0.05, 0) is 54.4 Å². The number of alkyl halides is 3. The van der Waals surface area contributed by atoms with Gasteiger partial charge in [0.1, 0.15) is 12.5 Å². The number of ether oxygens (including phenoxy) is 1. The SMILES string of the molecule is C=CCc1cc(F)ccc1N1CN(c2ccc(OC)nc2CC=C)C(=O)c2cc(C(F)(F)F)ccc21. The molecule has 2 aromatic carbocycles. The summed E-state index contributed by atoms with van der Waals surface area (Å²) in [7, 11) is 1.46. The van der Waals surface area contributed by atoms with Gasteiger partial charge in [0.25, 0.3) is 5.91 Å². The Labute approximate surface area is 205 Å². The molecule has 0 aliphatic carbocycles. The first kappa shape index (κ1) is 25.0. The lowest BCUT2D eigenvalue weighted by atomic mass is 10.0. The normalized spacial score (nSPS) is 13.4. The molecule has 0 saturated heterocycles. The number of pyridine rings is 1. The van der Waals surface area contributed by atoms with Gasteiger partial charge in [0, 0.05) is 18.2 Å². The van der Waals surface area contributed by atoms with E-state index >= 15 is 0 Å². The Balaban J connectivity index is 1.94. The summed E-state index contributed by atoms with van der Waals surface area (Å²) < 4.78 is 59.9. The number of amides is 1. The number of benzene rings is 2. The van der Waals surface area contributed by atoms with Gasteiger partial charge in [-0.1, -0.05) is 12.2 Å². The van der Waals surface area contributed by atoms with Crippen LogP contribution in [-0.2, 0) is 19.0 Å². The first-order chi connectivity index (χ1) is 17.2. The third-order valence-corrected chi connectivity index (χ3v) is 5.83. The molecule has 1 aliphatic heterocycles. The second kappa shape index (κ2) is 9.85. The van der Waals surface area contributed by atoms with Gasteiger partial charge >= 0.3 is 6.18 Å². The maximum absolute atomic E-state index is 14.1. The summed E-state index contributed by atoms with van der Waals surface area (Å²) in [6.07, 6.45) is -0.811. The summed E-state index contributed by atoms with van der Waals surface area (Å²) in [6, 6.07) is 10.4. The largest absolute Gasteiger partial charge is 0.481 e. The Morgan fingerprint density at radius 1 is 0.972 bits per heavy atom. The van der Waals surface area contributed by atoms with Crippen molar-refractivity contribution in [2.45, 2.75) is 19.0 Å². The van der Waals surface area contributed by atoms with Crippen LogP contribution in [0.2, 0.25) is 0 Å². The summed E-state index contributed by atoms with van der Waals surface area (Å²) >= 11 is 0. The molecule has 9 heteroatoms. The van der Waals surface area contributed by atoms with Crippen LogP contribution in [-0.4, -0.2) is 24.7 Å². The van der Waals surface area contributed by atoms with E-state index in [1.165, 1.54) is 30.2 Å². The summed E-state index contributed by atoms with van der Waals surface area (Å²) in [5.74, 6) is -0.749. The first-order valence-electron chi connectivity index (χ1n) is 11.0. The highest BCUT2D eigenvalue weighted by atomic mass is 19.4. The Bertz CT molecular complexity index is 1340. The number of rotatable bonds is 7. The molecule has 0 N–H and O–H groups in total. The molecule has 0 fully saturated rings. The molecule has 4 rings (SSSR count). The Hall–Kier alpha value is -4.14. The predicted octanol–water partition coefficient (Wildman–Crippen LogP) is 6.46. The van der Waals surface area contributed by atoms with E-state index in [1.54, 1.807) is 35.3 Å². The van der Waals surface area contributed by atoms with Gasteiger partial charge < -0.3 is 9.64 Å². The van der Waals surface area contributed by atoms with Crippen molar-refractivity contribution >= 4 is 23.0 Å². The third-order valence-electron chi connectivity index (χ3n) is 5.83. The lowest BCUT2D eigenvalue weighted by Gasteiger charge is -2.39. The highest BCUT2D eigenvalue weighted by molar-refractivity contribution is 6.13. The van der Waals surface area contributed by atoms with Crippen LogP contribution in [0.3, 0.4) is 0 Å². The van der Waals surface area contributed by atoms with Gasteiger partial charge in [0.05, 0.1) is 35.3 Å². The summed E-state index contributed by atoms with van der Waals surface area (Å²) in [6.45, 7) is 7.41. The van der Waals surface area contributed by atoms with Crippen LogP contribution in [0.15, 0.2) is 73.8 Å². The van der Waals surface area contributed by atoms with Gasteiger partial charge in [0.2, 0.25) is 5.88 Å². The summed E-state index contributed by atoms with van der Waals surface area (Å²) in [4.78, 5) is 21.1. The molecule has 1 aliphatic rings. The van der Waals surface area contributed by atoms with E-state index in [-0.39, 0.29) is 17.9 Å². The zero-order chi connectivity index (χ0) is 26.0. The summed E-state index contributed by atoms with van der Waals surface area (Å²) in [5.41, 5.74) is 1.20. The average molecular weight is 497 g/mol. The number of nitrogens with zero attached hydrogens (tertiary/aromatic N) is 3. The number of fused-ring (bicyclic) bond motifs is 1. The van der Waals surface area contributed by atoms with Crippen molar-refractivity contribution in [2.24, 2.45) is 0 Å². The molecule has 0 spiro atoms. The van der Waals surface area contributed by atoms with Crippen molar-refractivity contribution in [2.75, 3.05) is 23.6 Å². The van der Waals surface area contributed by atoms with Crippen LogP contribution < -0.4 is 14.5 Å². The van der Waals surface area contributed by atoms with Crippen molar-refractivity contribution < 1.29 is 27.1 Å². The molecule has 1 amide bonds. The van der Waals surface area contributed by atoms with Crippen molar-refractivity contribution in [3.05, 3.63) is 102 Å². The molecule has 0 radical (unpaired) electrons. The van der Waals surface area contributed by atoms with Crippen LogP contribution >= 0.6 is 0 Å². The number of hydrogen-bond acceptors (Lipinski definition) is 4. The molecule has 0 bridgehead atoms. The molecule has 0 saturated carbocycles. The van der Waals surface area contributed by atoms with Crippen LogP contribution in [0.5, 0.6) is 5.88 Å². The van der Waals surface area contributed by atoms with E-state index in [1.807, 2.05) is 0 Å². The quantitative estimate of drug-likeness (QED) is 0.278. The van der Waals surface area contributed by atoms with Crippen molar-refractivity contribution in [1.29, 1.82) is 0 Å². The molecular formula is C27H23F4N3O2. The van der Waals surface area contributed by atoms with Crippen molar-refractivity contribution in [3.8, 4) is 5.88 Å². The Kier molecular flexibility index (Phi) is 6.83. The molecule has 186 valence electrons. The second-order valence-electron chi connectivity index (χ2n) is 8.11. The zero-order valence-corrected chi connectivity index (χ0v) is 19.5. The fourth-order valence-electron chi connectivity index (χ4n) is 4.19. The van der Waals surface area contributed by atoms with E-state index in [2.05, 4.69) is 18.1 Å². The van der Waals surface area contributed by atoms with Crippen molar-refractivity contribution in [3.63, 3.8) is 0 Å². The topological polar surface area (TPSA) is 45.7 Å². The van der Waals surface area contributed by atoms with Crippen molar-refractivity contribution in [1.82, 2.24) is 4.98 Å². The lowest BCUT2D eigenvalue weighted by molar-refractivity contribution is -0.137. The maximum atomic E-state index is 14.1. The average Bonchev–Trinajstić information content (AvgIpc) is 2.85. The van der Waals surface area contributed by atoms with E-state index in [9.17, 15) is 22.4 Å².